The van der Waals surface area contributed by atoms with Crippen LogP contribution in [0.3, 0.4) is 0 Å². The highest BCUT2D eigenvalue weighted by atomic mass is 79.9. The van der Waals surface area contributed by atoms with Gasteiger partial charge in [-0.2, -0.15) is 10.1 Å². The molecule has 1 amide bonds. The third-order valence-electron chi connectivity index (χ3n) is 6.94. The van der Waals surface area contributed by atoms with Gasteiger partial charge in [-0.05, 0) is 87.0 Å². The van der Waals surface area contributed by atoms with E-state index in [9.17, 15) is 9.59 Å². The molecule has 0 saturated heterocycles. The van der Waals surface area contributed by atoms with E-state index in [1.165, 1.54) is 12.7 Å². The summed E-state index contributed by atoms with van der Waals surface area (Å²) in [6.07, 6.45) is 6.42. The molecule has 4 rings (SSSR count). The average Bonchev–Trinajstić information content (AvgIpc) is 3.36. The van der Waals surface area contributed by atoms with E-state index >= 15 is 0 Å². The van der Waals surface area contributed by atoms with Gasteiger partial charge in [0.15, 0.2) is 18.1 Å². The molecule has 2 heterocycles. The molecular formula is C27H36BrN5O5. The van der Waals surface area contributed by atoms with Gasteiger partial charge < -0.3 is 24.4 Å². The van der Waals surface area contributed by atoms with Crippen molar-refractivity contribution < 1.29 is 23.8 Å². The second kappa shape index (κ2) is 12.6. The molecule has 10 nitrogen and oxygen atoms in total. The zero-order valence-electron chi connectivity index (χ0n) is 22.5. The van der Waals surface area contributed by atoms with E-state index in [0.29, 0.717) is 52.9 Å². The summed E-state index contributed by atoms with van der Waals surface area (Å²) in [5.41, 5.74) is 1.87. The SMILES string of the molecule is CCOc1cc(C2C(C(=O)OC3CCCCC3)=C(C)Nc3ncnn32)cc(Br)c1OCC(=O)N(CC)CC. The van der Waals surface area contributed by atoms with Crippen molar-refractivity contribution in [3.05, 3.63) is 39.8 Å². The highest BCUT2D eigenvalue weighted by Gasteiger charge is 2.36. The Hall–Kier alpha value is -3.08. The molecule has 1 N–H and O–H groups in total. The quantitative estimate of drug-likeness (QED) is 0.392. The Morgan fingerprint density at radius 3 is 2.55 bits per heavy atom. The normalized spacial score (nSPS) is 17.4. The summed E-state index contributed by atoms with van der Waals surface area (Å²) in [7, 11) is 0. The van der Waals surface area contributed by atoms with Crippen LogP contribution in [0, 0.1) is 0 Å². The van der Waals surface area contributed by atoms with E-state index in [1.54, 1.807) is 9.58 Å². The van der Waals surface area contributed by atoms with Crippen LogP contribution in [0.25, 0.3) is 0 Å². The molecule has 0 bridgehead atoms. The Morgan fingerprint density at radius 1 is 1.13 bits per heavy atom. The lowest BCUT2D eigenvalue weighted by atomic mass is 9.94. The van der Waals surface area contributed by atoms with Crippen LogP contribution in [-0.2, 0) is 14.3 Å². The van der Waals surface area contributed by atoms with Gasteiger partial charge >= 0.3 is 5.97 Å². The number of carbonyl (C=O) groups is 2. The number of likely N-dealkylation sites (N-methyl/N-ethyl adjacent to an activating group) is 1. The Bertz CT molecular complexity index is 1190. The number of anilines is 1. The molecule has 1 aromatic carbocycles. The van der Waals surface area contributed by atoms with Gasteiger partial charge in [-0.3, -0.25) is 4.79 Å². The molecule has 1 aliphatic heterocycles. The number of ether oxygens (including phenoxy) is 3. The molecular weight excluding hydrogens is 554 g/mol. The molecule has 1 aliphatic carbocycles. The predicted octanol–water partition coefficient (Wildman–Crippen LogP) is 4.85. The minimum absolute atomic E-state index is 0.0841. The number of aromatic nitrogens is 3. The van der Waals surface area contributed by atoms with Gasteiger partial charge in [-0.25, -0.2) is 9.48 Å². The molecule has 1 saturated carbocycles. The topological polar surface area (TPSA) is 108 Å². The van der Waals surface area contributed by atoms with Gasteiger partial charge in [0, 0.05) is 18.8 Å². The summed E-state index contributed by atoms with van der Waals surface area (Å²) in [6, 6.07) is 3.10. The van der Waals surface area contributed by atoms with Crippen LogP contribution >= 0.6 is 15.9 Å². The standard InChI is InChI=1S/C27H36BrN5O5/c1-5-32(6-2)22(34)15-37-25-20(28)13-18(14-21(25)36-7-3)24-23(17(4)31-27-29-16-30-33(24)27)26(35)38-19-11-9-8-10-12-19/h13-14,16,19,24H,5-12,15H2,1-4H3,(H,29,30,31). The van der Waals surface area contributed by atoms with Crippen LogP contribution in [0.2, 0.25) is 0 Å². The second-order valence-corrected chi connectivity index (χ2v) is 10.2. The number of benzene rings is 1. The van der Waals surface area contributed by atoms with Crippen molar-refractivity contribution in [2.75, 3.05) is 31.6 Å². The molecule has 0 radical (unpaired) electrons. The lowest BCUT2D eigenvalue weighted by Gasteiger charge is -2.30. The first-order chi connectivity index (χ1) is 18.4. The van der Waals surface area contributed by atoms with Crippen molar-refractivity contribution in [2.45, 2.75) is 71.9 Å². The first kappa shape index (κ1) is 27.9. The molecule has 0 spiro atoms. The van der Waals surface area contributed by atoms with Gasteiger partial charge in [0.05, 0.1) is 16.7 Å². The number of halogens is 1. The van der Waals surface area contributed by atoms with Gasteiger partial charge in [0.25, 0.3) is 5.91 Å². The second-order valence-electron chi connectivity index (χ2n) is 9.38. The molecule has 38 heavy (non-hydrogen) atoms. The van der Waals surface area contributed by atoms with Gasteiger partial charge in [0.1, 0.15) is 18.5 Å². The monoisotopic (exact) mass is 589 g/mol. The Balaban J connectivity index is 1.69. The fourth-order valence-electron chi connectivity index (χ4n) is 5.01. The summed E-state index contributed by atoms with van der Waals surface area (Å²) >= 11 is 3.62. The van der Waals surface area contributed by atoms with E-state index in [2.05, 4.69) is 31.3 Å². The van der Waals surface area contributed by atoms with Crippen LogP contribution in [-0.4, -0.2) is 63.9 Å². The smallest absolute Gasteiger partial charge is 0.338 e. The maximum absolute atomic E-state index is 13.6. The van der Waals surface area contributed by atoms with Crippen LogP contribution in [0.5, 0.6) is 11.5 Å². The van der Waals surface area contributed by atoms with Crippen molar-refractivity contribution >= 4 is 33.8 Å². The summed E-state index contributed by atoms with van der Waals surface area (Å²) in [4.78, 5) is 32.1. The third-order valence-corrected chi connectivity index (χ3v) is 7.53. The van der Waals surface area contributed by atoms with Crippen LogP contribution < -0.4 is 14.8 Å². The minimum Gasteiger partial charge on any atom is -0.490 e. The van der Waals surface area contributed by atoms with Gasteiger partial charge in [0.2, 0.25) is 5.95 Å². The molecule has 1 atom stereocenters. The highest BCUT2D eigenvalue weighted by molar-refractivity contribution is 9.10. The number of hydrogen-bond acceptors (Lipinski definition) is 8. The summed E-state index contributed by atoms with van der Waals surface area (Å²) in [6.45, 7) is 9.08. The Labute approximate surface area is 231 Å². The number of rotatable bonds is 10. The first-order valence-corrected chi connectivity index (χ1v) is 14.1. The van der Waals surface area contributed by atoms with Crippen LogP contribution in [0.4, 0.5) is 5.95 Å². The van der Waals surface area contributed by atoms with Crippen molar-refractivity contribution in [1.29, 1.82) is 0 Å². The van der Waals surface area contributed by atoms with Crippen molar-refractivity contribution in [3.63, 3.8) is 0 Å². The van der Waals surface area contributed by atoms with Crippen molar-refractivity contribution in [2.24, 2.45) is 0 Å². The molecule has 11 heteroatoms. The number of nitrogens with zero attached hydrogens (tertiary/aromatic N) is 4. The molecule has 2 aromatic rings. The highest BCUT2D eigenvalue weighted by Crippen LogP contribution is 2.43. The fraction of sp³-hybridized carbons (Fsp3) is 0.556. The largest absolute Gasteiger partial charge is 0.490 e. The zero-order chi connectivity index (χ0) is 27.2. The van der Waals surface area contributed by atoms with Crippen molar-refractivity contribution in [3.8, 4) is 11.5 Å². The van der Waals surface area contributed by atoms with Crippen molar-refractivity contribution in [1.82, 2.24) is 19.7 Å². The number of nitrogens with one attached hydrogen (secondary N) is 1. The molecule has 1 unspecified atom stereocenters. The van der Waals surface area contributed by atoms with E-state index in [4.69, 9.17) is 14.2 Å². The molecule has 1 aromatic heterocycles. The van der Waals surface area contributed by atoms with E-state index in [-0.39, 0.29) is 24.6 Å². The maximum Gasteiger partial charge on any atom is 0.338 e. The van der Waals surface area contributed by atoms with E-state index in [0.717, 1.165) is 31.2 Å². The van der Waals surface area contributed by atoms with E-state index in [1.807, 2.05) is 39.8 Å². The lowest BCUT2D eigenvalue weighted by Crippen LogP contribution is -2.34. The maximum atomic E-state index is 13.6. The molecule has 1 fully saturated rings. The predicted molar refractivity (Wildman–Crippen MR) is 146 cm³/mol. The van der Waals surface area contributed by atoms with Crippen LogP contribution in [0.1, 0.15) is 71.4 Å². The fourth-order valence-corrected chi connectivity index (χ4v) is 5.59. The number of amides is 1. The summed E-state index contributed by atoms with van der Waals surface area (Å²) in [5, 5.41) is 7.60. The first-order valence-electron chi connectivity index (χ1n) is 13.3. The Kier molecular flexibility index (Phi) is 9.30. The summed E-state index contributed by atoms with van der Waals surface area (Å²) < 4.78 is 20.1. The molecule has 2 aliphatic rings. The summed E-state index contributed by atoms with van der Waals surface area (Å²) in [5.74, 6) is 0.941. The van der Waals surface area contributed by atoms with Gasteiger partial charge in [-0.1, -0.05) is 6.42 Å². The third kappa shape index (κ3) is 5.98. The Morgan fingerprint density at radius 2 is 1.87 bits per heavy atom. The van der Waals surface area contributed by atoms with E-state index < -0.39 is 6.04 Å². The average molecular weight is 591 g/mol. The number of allylic oxidation sites excluding steroid dienone is 1. The number of esters is 1. The number of fused-ring (bicyclic) bond motifs is 1. The lowest BCUT2D eigenvalue weighted by molar-refractivity contribution is -0.146. The zero-order valence-corrected chi connectivity index (χ0v) is 24.0. The van der Waals surface area contributed by atoms with Crippen LogP contribution in [0.15, 0.2) is 34.2 Å². The number of carbonyl (C=O) groups excluding carboxylic acids is 2. The number of hydrogen-bond donors (Lipinski definition) is 1. The van der Waals surface area contributed by atoms with Gasteiger partial charge in [-0.15, -0.1) is 0 Å². The minimum atomic E-state index is -0.591. The molecule has 206 valence electrons.